The number of aliphatic carboxylic acids is 1. The van der Waals surface area contributed by atoms with E-state index in [1.165, 1.54) is 7.11 Å². The van der Waals surface area contributed by atoms with E-state index in [0.29, 0.717) is 25.0 Å². The smallest absolute Gasteiger partial charge is 0.305 e. The number of hydrogen-bond acceptors (Lipinski definition) is 6. The molecule has 2 N–H and O–H groups in total. The number of esters is 1. The van der Waals surface area contributed by atoms with Crippen LogP contribution in [0.25, 0.3) is 0 Å². The van der Waals surface area contributed by atoms with E-state index in [4.69, 9.17) is 5.11 Å². The third-order valence-electron chi connectivity index (χ3n) is 3.10. The minimum atomic E-state index is -0.970. The maximum absolute atomic E-state index is 11.9. The Morgan fingerprint density at radius 2 is 1.90 bits per heavy atom. The van der Waals surface area contributed by atoms with Gasteiger partial charge in [0.1, 0.15) is 5.76 Å². The Morgan fingerprint density at radius 1 is 1.19 bits per heavy atom. The van der Waals surface area contributed by atoms with E-state index in [1.807, 2.05) is 0 Å². The molecule has 1 aliphatic carbocycles. The number of carboxylic acids is 1. The standard InChI is InChI=1S/C14H19NO6/c1-21-13(20)6-5-11(17)14-9(3-2-4-10(14)16)15-8-7-12(18)19/h17H,2-8H2,1H3,(H,18,19)/b14-11+,15-9?. The van der Waals surface area contributed by atoms with Gasteiger partial charge in [0.2, 0.25) is 0 Å². The van der Waals surface area contributed by atoms with Crippen molar-refractivity contribution in [1.29, 1.82) is 0 Å². The zero-order chi connectivity index (χ0) is 15.8. The lowest BCUT2D eigenvalue weighted by Gasteiger charge is -2.17. The van der Waals surface area contributed by atoms with Gasteiger partial charge in [-0.05, 0) is 12.8 Å². The van der Waals surface area contributed by atoms with Crippen LogP contribution in [0, 0.1) is 0 Å². The van der Waals surface area contributed by atoms with Crippen molar-refractivity contribution in [3.63, 3.8) is 0 Å². The SMILES string of the molecule is COC(=O)CC/C(O)=C1\C(=O)CCCC1=NCCC(=O)O. The summed E-state index contributed by atoms with van der Waals surface area (Å²) in [6.07, 6.45) is 1.30. The van der Waals surface area contributed by atoms with E-state index >= 15 is 0 Å². The van der Waals surface area contributed by atoms with Gasteiger partial charge in [-0.15, -0.1) is 0 Å². The number of allylic oxidation sites excluding steroid dienone is 2. The largest absolute Gasteiger partial charge is 0.511 e. The van der Waals surface area contributed by atoms with E-state index < -0.39 is 11.9 Å². The van der Waals surface area contributed by atoms with Gasteiger partial charge < -0.3 is 14.9 Å². The zero-order valence-corrected chi connectivity index (χ0v) is 11.9. The molecule has 21 heavy (non-hydrogen) atoms. The number of hydrogen-bond donors (Lipinski definition) is 2. The van der Waals surface area contributed by atoms with Crippen LogP contribution in [-0.2, 0) is 19.1 Å². The lowest BCUT2D eigenvalue weighted by Crippen LogP contribution is -2.22. The lowest BCUT2D eigenvalue weighted by molar-refractivity contribution is -0.140. The summed E-state index contributed by atoms with van der Waals surface area (Å²) >= 11 is 0. The van der Waals surface area contributed by atoms with Crippen LogP contribution in [0.2, 0.25) is 0 Å². The highest BCUT2D eigenvalue weighted by atomic mass is 16.5. The maximum atomic E-state index is 11.9. The number of nitrogens with zero attached hydrogens (tertiary/aromatic N) is 1. The van der Waals surface area contributed by atoms with Gasteiger partial charge in [0.25, 0.3) is 0 Å². The molecule has 1 aliphatic rings. The summed E-state index contributed by atoms with van der Waals surface area (Å²) in [7, 11) is 1.25. The van der Waals surface area contributed by atoms with Crippen LogP contribution in [0.3, 0.4) is 0 Å². The molecular weight excluding hydrogens is 278 g/mol. The highest BCUT2D eigenvalue weighted by Gasteiger charge is 2.25. The average molecular weight is 297 g/mol. The van der Waals surface area contributed by atoms with Gasteiger partial charge in [-0.1, -0.05) is 0 Å². The number of aliphatic hydroxyl groups is 1. The Labute approximate surface area is 122 Å². The summed E-state index contributed by atoms with van der Waals surface area (Å²) < 4.78 is 4.48. The second kappa shape index (κ2) is 8.18. The predicted octanol–water partition coefficient (Wildman–Crippen LogP) is 1.42. The van der Waals surface area contributed by atoms with Crippen LogP contribution >= 0.6 is 0 Å². The second-order valence-corrected chi connectivity index (χ2v) is 4.65. The molecule has 7 heteroatoms. The molecule has 7 nitrogen and oxygen atoms in total. The number of aliphatic hydroxyl groups excluding tert-OH is 1. The first-order valence-corrected chi connectivity index (χ1v) is 6.73. The summed E-state index contributed by atoms with van der Waals surface area (Å²) in [6, 6.07) is 0. The lowest BCUT2D eigenvalue weighted by atomic mass is 9.89. The van der Waals surface area contributed by atoms with Crippen LogP contribution in [0.5, 0.6) is 0 Å². The van der Waals surface area contributed by atoms with Crippen LogP contribution in [0.1, 0.15) is 38.5 Å². The molecule has 0 unspecified atom stereocenters. The van der Waals surface area contributed by atoms with Gasteiger partial charge in [-0.25, -0.2) is 0 Å². The van der Waals surface area contributed by atoms with Crippen molar-refractivity contribution in [2.24, 2.45) is 4.99 Å². The summed E-state index contributed by atoms with van der Waals surface area (Å²) in [4.78, 5) is 37.6. The third-order valence-corrected chi connectivity index (χ3v) is 3.10. The van der Waals surface area contributed by atoms with Crippen molar-refractivity contribution in [3.05, 3.63) is 11.3 Å². The molecule has 0 saturated heterocycles. The van der Waals surface area contributed by atoms with E-state index in [0.717, 1.165) is 0 Å². The van der Waals surface area contributed by atoms with Crippen molar-refractivity contribution in [1.82, 2.24) is 0 Å². The Bertz CT molecular complexity index is 492. The number of carbonyl (C=O) groups is 3. The number of carbonyl (C=O) groups excluding carboxylic acids is 2. The normalized spacial score (nSPS) is 19.5. The molecule has 0 aromatic rings. The van der Waals surface area contributed by atoms with Gasteiger partial charge in [0.15, 0.2) is 5.78 Å². The van der Waals surface area contributed by atoms with Gasteiger partial charge in [-0.3, -0.25) is 19.4 Å². The number of aliphatic imine (C=N–C) groups is 1. The molecule has 0 spiro atoms. The Hall–Kier alpha value is -2.18. The minimum Gasteiger partial charge on any atom is -0.511 e. The number of ether oxygens (including phenoxy) is 1. The first-order valence-electron chi connectivity index (χ1n) is 6.73. The fourth-order valence-corrected chi connectivity index (χ4v) is 2.05. The van der Waals surface area contributed by atoms with Gasteiger partial charge in [0, 0.05) is 25.1 Å². The Morgan fingerprint density at radius 3 is 2.52 bits per heavy atom. The summed E-state index contributed by atoms with van der Waals surface area (Å²) in [5, 5.41) is 18.6. The van der Waals surface area contributed by atoms with Crippen LogP contribution in [0.15, 0.2) is 16.3 Å². The Balaban J connectivity index is 2.86. The number of Topliss-reactive ketones (excluding diaryl/α,β-unsaturated/α-hetero) is 1. The topological polar surface area (TPSA) is 113 Å². The first-order chi connectivity index (χ1) is 9.95. The summed E-state index contributed by atoms with van der Waals surface area (Å²) in [6.45, 7) is 0.0612. The fraction of sp³-hybridized carbons (Fsp3) is 0.571. The molecule has 0 aromatic heterocycles. The molecule has 116 valence electrons. The second-order valence-electron chi connectivity index (χ2n) is 4.65. The van der Waals surface area contributed by atoms with Gasteiger partial charge in [-0.2, -0.15) is 0 Å². The van der Waals surface area contributed by atoms with Crippen LogP contribution < -0.4 is 0 Å². The van der Waals surface area contributed by atoms with E-state index in [2.05, 4.69) is 9.73 Å². The van der Waals surface area contributed by atoms with Crippen LogP contribution in [0.4, 0.5) is 0 Å². The number of ketones is 1. The number of carboxylic acid groups (broad SMARTS) is 1. The van der Waals surface area contributed by atoms with E-state index in [9.17, 15) is 19.5 Å². The van der Waals surface area contributed by atoms with Crippen molar-refractivity contribution < 1.29 is 29.3 Å². The number of rotatable bonds is 6. The van der Waals surface area contributed by atoms with Crippen LogP contribution in [-0.4, -0.2) is 47.3 Å². The molecule has 1 fully saturated rings. The minimum absolute atomic E-state index is 0.00565. The molecule has 0 heterocycles. The molecule has 1 saturated carbocycles. The van der Waals surface area contributed by atoms with Gasteiger partial charge >= 0.3 is 11.9 Å². The van der Waals surface area contributed by atoms with Crippen molar-refractivity contribution in [2.75, 3.05) is 13.7 Å². The molecule has 1 rings (SSSR count). The molecular formula is C14H19NO6. The highest BCUT2D eigenvalue weighted by Crippen LogP contribution is 2.22. The molecule has 0 amide bonds. The van der Waals surface area contributed by atoms with Crippen molar-refractivity contribution in [2.45, 2.75) is 38.5 Å². The van der Waals surface area contributed by atoms with E-state index in [-0.39, 0.29) is 42.9 Å². The monoisotopic (exact) mass is 297 g/mol. The van der Waals surface area contributed by atoms with Crippen molar-refractivity contribution in [3.8, 4) is 0 Å². The predicted molar refractivity (Wildman–Crippen MR) is 74.3 cm³/mol. The quantitative estimate of drug-likeness (QED) is 0.435. The zero-order valence-electron chi connectivity index (χ0n) is 11.9. The molecule has 0 aromatic carbocycles. The first kappa shape index (κ1) is 16.9. The summed E-state index contributed by atoms with van der Waals surface area (Å²) in [5.74, 6) is -1.85. The number of methoxy groups -OCH3 is 1. The van der Waals surface area contributed by atoms with Gasteiger partial charge in [0.05, 0.1) is 25.5 Å². The molecule has 0 bridgehead atoms. The fourth-order valence-electron chi connectivity index (χ4n) is 2.05. The molecule has 0 atom stereocenters. The molecule has 0 aliphatic heterocycles. The molecule has 0 radical (unpaired) electrons. The maximum Gasteiger partial charge on any atom is 0.305 e. The van der Waals surface area contributed by atoms with Crippen molar-refractivity contribution >= 4 is 23.4 Å². The average Bonchev–Trinajstić information content (AvgIpc) is 2.44. The highest BCUT2D eigenvalue weighted by molar-refractivity contribution is 6.24. The Kier molecular flexibility index (Phi) is 6.58. The summed E-state index contributed by atoms with van der Waals surface area (Å²) in [5.41, 5.74) is 0.561. The van der Waals surface area contributed by atoms with E-state index in [1.54, 1.807) is 0 Å². The third kappa shape index (κ3) is 5.37.